The smallest absolute Gasteiger partial charge is 0.407 e. The molecule has 1 aliphatic heterocycles. The first-order valence-electron chi connectivity index (χ1n) is 5.46. The fraction of sp³-hybridized carbons (Fsp3) is 0.818. The molecule has 0 spiro atoms. The van der Waals surface area contributed by atoms with Crippen molar-refractivity contribution in [1.29, 1.82) is 0 Å². The molecule has 0 aromatic carbocycles. The molecule has 1 amide bonds. The third-order valence-corrected chi connectivity index (χ3v) is 2.64. The van der Waals surface area contributed by atoms with Crippen LogP contribution in [0.5, 0.6) is 0 Å². The molecule has 0 aromatic heterocycles. The third kappa shape index (κ3) is 3.33. The Balaban J connectivity index is 2.63. The number of hydrogen-bond donors (Lipinski definition) is 2. The molecule has 0 aromatic rings. The molecule has 2 atom stereocenters. The Morgan fingerprint density at radius 2 is 2.06 bits per heavy atom. The van der Waals surface area contributed by atoms with Crippen LogP contribution in [0.3, 0.4) is 0 Å². The number of alkyl carbamates (subject to hydrolysis) is 1. The molecule has 1 rings (SSSR count). The molecule has 98 valence electrons. The number of ether oxygens (including phenoxy) is 2. The van der Waals surface area contributed by atoms with Crippen molar-refractivity contribution in [3.8, 4) is 0 Å². The van der Waals surface area contributed by atoms with Gasteiger partial charge in [-0.15, -0.1) is 0 Å². The van der Waals surface area contributed by atoms with Gasteiger partial charge in [-0.05, 0) is 27.7 Å². The molecule has 0 radical (unpaired) electrons. The van der Waals surface area contributed by atoms with E-state index in [0.29, 0.717) is 0 Å². The molecule has 6 heteroatoms. The van der Waals surface area contributed by atoms with Gasteiger partial charge in [-0.3, -0.25) is 4.79 Å². The van der Waals surface area contributed by atoms with E-state index in [4.69, 9.17) is 14.6 Å². The molecule has 2 unspecified atom stereocenters. The van der Waals surface area contributed by atoms with E-state index in [1.165, 1.54) is 0 Å². The number of aliphatic carboxylic acids is 1. The highest BCUT2D eigenvalue weighted by atomic mass is 16.6. The third-order valence-electron chi connectivity index (χ3n) is 2.64. The van der Waals surface area contributed by atoms with Crippen molar-refractivity contribution in [2.24, 2.45) is 5.41 Å². The van der Waals surface area contributed by atoms with Gasteiger partial charge < -0.3 is 19.9 Å². The van der Waals surface area contributed by atoms with Gasteiger partial charge in [0.15, 0.2) is 0 Å². The fourth-order valence-corrected chi connectivity index (χ4v) is 1.53. The Morgan fingerprint density at radius 1 is 1.47 bits per heavy atom. The second-order valence-corrected chi connectivity index (χ2v) is 5.44. The van der Waals surface area contributed by atoms with E-state index in [9.17, 15) is 9.59 Å². The lowest BCUT2D eigenvalue weighted by Gasteiger charge is -2.27. The van der Waals surface area contributed by atoms with Crippen LogP contribution < -0.4 is 5.32 Å². The number of hydrogen-bond acceptors (Lipinski definition) is 4. The van der Waals surface area contributed by atoms with Crippen LogP contribution >= 0.6 is 0 Å². The van der Waals surface area contributed by atoms with E-state index in [2.05, 4.69) is 5.32 Å². The minimum absolute atomic E-state index is 0.0861. The predicted octanol–water partition coefficient (Wildman–Crippen LogP) is 1.00. The Morgan fingerprint density at radius 3 is 2.53 bits per heavy atom. The van der Waals surface area contributed by atoms with Crippen LogP contribution in [0.25, 0.3) is 0 Å². The van der Waals surface area contributed by atoms with Gasteiger partial charge in [-0.1, -0.05) is 0 Å². The molecule has 1 heterocycles. The Kier molecular flexibility index (Phi) is 3.66. The summed E-state index contributed by atoms with van der Waals surface area (Å²) in [4.78, 5) is 22.7. The molecule has 6 nitrogen and oxygen atoms in total. The molecular weight excluding hydrogens is 226 g/mol. The first-order valence-corrected chi connectivity index (χ1v) is 5.46. The summed E-state index contributed by atoms with van der Waals surface area (Å²) in [7, 11) is 0. The zero-order chi connectivity index (χ0) is 13.3. The van der Waals surface area contributed by atoms with Crippen LogP contribution in [0.15, 0.2) is 0 Å². The number of carboxylic acid groups (broad SMARTS) is 1. The van der Waals surface area contributed by atoms with Crippen molar-refractivity contribution in [3.05, 3.63) is 0 Å². The highest BCUT2D eigenvalue weighted by molar-refractivity contribution is 5.77. The molecule has 1 aliphatic rings. The maximum atomic E-state index is 11.5. The normalized spacial score (nSPS) is 28.8. The van der Waals surface area contributed by atoms with Crippen LogP contribution in [-0.4, -0.2) is 42.0 Å². The molecule has 17 heavy (non-hydrogen) atoms. The van der Waals surface area contributed by atoms with E-state index in [0.717, 1.165) is 0 Å². The quantitative estimate of drug-likeness (QED) is 0.758. The fourth-order valence-electron chi connectivity index (χ4n) is 1.53. The monoisotopic (exact) mass is 245 g/mol. The lowest BCUT2D eigenvalue weighted by Crippen LogP contribution is -2.50. The lowest BCUT2D eigenvalue weighted by atomic mass is 9.85. The van der Waals surface area contributed by atoms with Gasteiger partial charge in [0.1, 0.15) is 11.0 Å². The van der Waals surface area contributed by atoms with Gasteiger partial charge in [0, 0.05) is 0 Å². The minimum atomic E-state index is -1.10. The SMILES string of the molecule is CC(C)(C)OC(=O)NC1COCC1(C)C(=O)O. The van der Waals surface area contributed by atoms with Crippen molar-refractivity contribution in [1.82, 2.24) is 5.32 Å². The maximum absolute atomic E-state index is 11.5. The summed E-state index contributed by atoms with van der Waals surface area (Å²) in [5, 5.41) is 11.7. The molecule has 1 fully saturated rings. The van der Waals surface area contributed by atoms with E-state index >= 15 is 0 Å². The predicted molar refractivity (Wildman–Crippen MR) is 59.7 cm³/mol. The second-order valence-electron chi connectivity index (χ2n) is 5.44. The topological polar surface area (TPSA) is 84.9 Å². The number of carbonyl (C=O) groups is 2. The number of carboxylic acids is 1. The van der Waals surface area contributed by atoms with Crippen molar-refractivity contribution in [2.75, 3.05) is 13.2 Å². The maximum Gasteiger partial charge on any atom is 0.407 e. The first kappa shape index (κ1) is 13.8. The first-order chi connectivity index (χ1) is 7.65. The number of nitrogens with one attached hydrogen (secondary N) is 1. The van der Waals surface area contributed by atoms with Crippen LogP contribution in [0.1, 0.15) is 27.7 Å². The Labute approximate surface area is 100 Å². The van der Waals surface area contributed by atoms with Crippen molar-refractivity contribution >= 4 is 12.1 Å². The van der Waals surface area contributed by atoms with Crippen LogP contribution in [0.2, 0.25) is 0 Å². The zero-order valence-electron chi connectivity index (χ0n) is 10.6. The van der Waals surface area contributed by atoms with Gasteiger partial charge in [0.05, 0.1) is 19.3 Å². The molecule has 2 N–H and O–H groups in total. The van der Waals surface area contributed by atoms with Crippen LogP contribution in [0, 0.1) is 5.41 Å². The molecule has 1 saturated heterocycles. The summed E-state index contributed by atoms with van der Waals surface area (Å²) in [6.45, 7) is 7.05. The number of amides is 1. The van der Waals surface area contributed by atoms with Gasteiger partial charge in [-0.2, -0.15) is 0 Å². The standard InChI is InChI=1S/C11H19NO5/c1-10(2,3)17-9(15)12-7-5-16-6-11(7,4)8(13)14/h7H,5-6H2,1-4H3,(H,12,15)(H,13,14). The van der Waals surface area contributed by atoms with Crippen molar-refractivity contribution in [3.63, 3.8) is 0 Å². The Bertz CT molecular complexity index is 322. The average molecular weight is 245 g/mol. The van der Waals surface area contributed by atoms with E-state index in [-0.39, 0.29) is 13.2 Å². The van der Waals surface area contributed by atoms with E-state index in [1.807, 2.05) is 0 Å². The molecule has 0 bridgehead atoms. The number of rotatable bonds is 2. The van der Waals surface area contributed by atoms with Gasteiger partial charge >= 0.3 is 12.1 Å². The molecular formula is C11H19NO5. The van der Waals surface area contributed by atoms with E-state index < -0.39 is 29.1 Å². The lowest BCUT2D eigenvalue weighted by molar-refractivity contribution is -0.148. The summed E-state index contributed by atoms with van der Waals surface area (Å²) in [6, 6.07) is -0.574. The largest absolute Gasteiger partial charge is 0.481 e. The molecule has 0 saturated carbocycles. The minimum Gasteiger partial charge on any atom is -0.481 e. The summed E-state index contributed by atoms with van der Waals surface area (Å²) in [6.07, 6.45) is -0.625. The summed E-state index contributed by atoms with van der Waals surface area (Å²) >= 11 is 0. The number of carbonyl (C=O) groups excluding carboxylic acids is 1. The summed E-state index contributed by atoms with van der Waals surface area (Å²) < 4.78 is 10.2. The highest BCUT2D eigenvalue weighted by Gasteiger charge is 2.47. The van der Waals surface area contributed by atoms with Crippen LogP contribution in [0.4, 0.5) is 4.79 Å². The van der Waals surface area contributed by atoms with Gasteiger partial charge in [-0.25, -0.2) is 4.79 Å². The van der Waals surface area contributed by atoms with Crippen molar-refractivity contribution in [2.45, 2.75) is 39.3 Å². The summed E-state index contributed by atoms with van der Waals surface area (Å²) in [5.41, 5.74) is -1.71. The van der Waals surface area contributed by atoms with Crippen molar-refractivity contribution < 1.29 is 24.2 Å². The van der Waals surface area contributed by atoms with Crippen LogP contribution in [-0.2, 0) is 14.3 Å². The molecule has 0 aliphatic carbocycles. The van der Waals surface area contributed by atoms with Gasteiger partial charge in [0.2, 0.25) is 0 Å². The zero-order valence-corrected chi connectivity index (χ0v) is 10.6. The average Bonchev–Trinajstić information content (AvgIpc) is 2.45. The second kappa shape index (κ2) is 4.52. The summed E-state index contributed by atoms with van der Waals surface area (Å²) in [5.74, 6) is -0.990. The Hall–Kier alpha value is -1.30. The van der Waals surface area contributed by atoms with E-state index in [1.54, 1.807) is 27.7 Å². The highest BCUT2D eigenvalue weighted by Crippen LogP contribution is 2.28. The van der Waals surface area contributed by atoms with Gasteiger partial charge in [0.25, 0.3) is 0 Å².